The van der Waals surface area contributed by atoms with Gasteiger partial charge in [-0.25, -0.2) is 0 Å². The van der Waals surface area contributed by atoms with Crippen LogP contribution in [0.2, 0.25) is 0 Å². The molecule has 0 aliphatic heterocycles. The van der Waals surface area contributed by atoms with Crippen molar-refractivity contribution in [3.63, 3.8) is 0 Å². The van der Waals surface area contributed by atoms with Crippen molar-refractivity contribution in [3.05, 3.63) is 0 Å². The average molecular weight is 247 g/mol. The molecule has 0 saturated carbocycles. The Morgan fingerprint density at radius 3 is 2.65 bits per heavy atom. The quantitative estimate of drug-likeness (QED) is 0.437. The van der Waals surface area contributed by atoms with Crippen LogP contribution in [0.4, 0.5) is 0 Å². The largest absolute Gasteiger partial charge is 0.466 e. The summed E-state index contributed by atoms with van der Waals surface area (Å²) in [6, 6.07) is -0.0783. The minimum Gasteiger partial charge on any atom is -0.466 e. The molecule has 17 heavy (non-hydrogen) atoms. The zero-order chi connectivity index (χ0) is 12.9. The molecule has 0 fully saturated rings. The molecule has 102 valence electrons. The second-order valence-electron chi connectivity index (χ2n) is 3.93. The van der Waals surface area contributed by atoms with Crippen molar-refractivity contribution in [2.24, 2.45) is 5.73 Å². The summed E-state index contributed by atoms with van der Waals surface area (Å²) in [5.74, 6) is -0.220. The third-order valence-corrected chi connectivity index (χ3v) is 2.22. The Balaban J connectivity index is 3.27. The van der Waals surface area contributed by atoms with Gasteiger partial charge in [0.05, 0.1) is 26.2 Å². The molecular weight excluding hydrogens is 222 g/mol. The monoisotopic (exact) mass is 247 g/mol. The molecule has 0 heterocycles. The zero-order valence-corrected chi connectivity index (χ0v) is 10.9. The second kappa shape index (κ2) is 11.8. The molecule has 1 unspecified atom stereocenters. The van der Waals surface area contributed by atoms with Crippen molar-refractivity contribution < 1.29 is 19.0 Å². The van der Waals surface area contributed by atoms with Gasteiger partial charge in [-0.3, -0.25) is 4.79 Å². The fourth-order valence-electron chi connectivity index (χ4n) is 1.34. The molecule has 0 aliphatic carbocycles. The van der Waals surface area contributed by atoms with E-state index in [0.29, 0.717) is 39.3 Å². The van der Waals surface area contributed by atoms with Crippen molar-refractivity contribution in [2.75, 3.05) is 33.5 Å². The van der Waals surface area contributed by atoms with Crippen LogP contribution in [0.25, 0.3) is 0 Å². The number of hydrogen-bond donors (Lipinski definition) is 1. The van der Waals surface area contributed by atoms with Crippen LogP contribution in [0.15, 0.2) is 0 Å². The van der Waals surface area contributed by atoms with Crippen LogP contribution in [0.5, 0.6) is 0 Å². The van der Waals surface area contributed by atoms with Gasteiger partial charge in [0.2, 0.25) is 0 Å². The highest BCUT2D eigenvalue weighted by Crippen LogP contribution is 2.00. The summed E-state index contributed by atoms with van der Waals surface area (Å²) in [7, 11) is 1.63. The molecule has 5 heteroatoms. The number of nitrogens with two attached hydrogens (primary N) is 1. The molecule has 5 nitrogen and oxygen atoms in total. The van der Waals surface area contributed by atoms with Gasteiger partial charge in [-0.1, -0.05) is 13.3 Å². The lowest BCUT2D eigenvalue weighted by Crippen LogP contribution is -2.24. The number of carbonyl (C=O) groups excluding carboxylic acids is 1. The summed E-state index contributed by atoms with van der Waals surface area (Å²) in [6.45, 7) is 4.18. The molecule has 0 rings (SSSR count). The maximum absolute atomic E-state index is 11.3. The van der Waals surface area contributed by atoms with Crippen LogP contribution in [0.1, 0.15) is 32.6 Å². The Morgan fingerprint density at radius 1 is 1.24 bits per heavy atom. The van der Waals surface area contributed by atoms with Crippen LogP contribution in [-0.2, 0) is 19.0 Å². The Bertz CT molecular complexity index is 187. The summed E-state index contributed by atoms with van der Waals surface area (Å²) in [6.07, 6.45) is 2.86. The van der Waals surface area contributed by atoms with Crippen molar-refractivity contribution in [2.45, 2.75) is 38.6 Å². The predicted molar refractivity (Wildman–Crippen MR) is 65.8 cm³/mol. The maximum Gasteiger partial charge on any atom is 0.307 e. The van der Waals surface area contributed by atoms with E-state index in [4.69, 9.17) is 19.9 Å². The molecule has 0 radical (unpaired) electrons. The van der Waals surface area contributed by atoms with E-state index in [1.165, 1.54) is 0 Å². The van der Waals surface area contributed by atoms with Crippen molar-refractivity contribution in [1.82, 2.24) is 0 Å². The van der Waals surface area contributed by atoms with E-state index in [1.807, 2.05) is 6.92 Å². The number of hydrogen-bond acceptors (Lipinski definition) is 5. The normalized spacial score (nSPS) is 12.4. The summed E-state index contributed by atoms with van der Waals surface area (Å²) < 4.78 is 15.1. The van der Waals surface area contributed by atoms with Crippen LogP contribution in [0, 0.1) is 0 Å². The highest BCUT2D eigenvalue weighted by molar-refractivity contribution is 5.70. The number of methoxy groups -OCH3 is 1. The first-order valence-corrected chi connectivity index (χ1v) is 6.18. The highest BCUT2D eigenvalue weighted by atomic mass is 16.5. The van der Waals surface area contributed by atoms with Gasteiger partial charge in [0.15, 0.2) is 0 Å². The Morgan fingerprint density at radius 2 is 2.00 bits per heavy atom. The molecule has 0 aromatic rings. The van der Waals surface area contributed by atoms with E-state index in [9.17, 15) is 4.79 Å². The van der Waals surface area contributed by atoms with Crippen molar-refractivity contribution in [1.29, 1.82) is 0 Å². The van der Waals surface area contributed by atoms with Crippen LogP contribution in [0.3, 0.4) is 0 Å². The fraction of sp³-hybridized carbons (Fsp3) is 0.917. The SMILES string of the molecule is CCCC(N)CC(=O)OCCCOCCOC. The van der Waals surface area contributed by atoms with Crippen molar-refractivity contribution in [3.8, 4) is 0 Å². The lowest BCUT2D eigenvalue weighted by atomic mass is 10.1. The van der Waals surface area contributed by atoms with E-state index in [2.05, 4.69) is 0 Å². The topological polar surface area (TPSA) is 70.8 Å². The van der Waals surface area contributed by atoms with E-state index in [-0.39, 0.29) is 12.0 Å². The first-order valence-electron chi connectivity index (χ1n) is 6.18. The third kappa shape index (κ3) is 11.6. The molecule has 0 saturated heterocycles. The van der Waals surface area contributed by atoms with Gasteiger partial charge < -0.3 is 19.9 Å². The van der Waals surface area contributed by atoms with Gasteiger partial charge >= 0.3 is 5.97 Å². The van der Waals surface area contributed by atoms with E-state index < -0.39 is 0 Å². The molecule has 1 atom stereocenters. The third-order valence-electron chi connectivity index (χ3n) is 2.22. The van der Waals surface area contributed by atoms with Crippen LogP contribution in [-0.4, -0.2) is 45.5 Å². The first kappa shape index (κ1) is 16.4. The number of carbonyl (C=O) groups is 1. The molecule has 0 aliphatic rings. The van der Waals surface area contributed by atoms with Crippen LogP contribution >= 0.6 is 0 Å². The Hall–Kier alpha value is -0.650. The van der Waals surface area contributed by atoms with Gasteiger partial charge in [0, 0.05) is 26.2 Å². The molecular formula is C12H25NO4. The molecule has 0 aromatic carbocycles. The number of esters is 1. The number of ether oxygens (including phenoxy) is 3. The molecule has 0 spiro atoms. The van der Waals surface area contributed by atoms with Gasteiger partial charge in [-0.15, -0.1) is 0 Å². The standard InChI is InChI=1S/C12H25NO4/c1-3-5-11(13)10-12(14)17-7-4-6-16-9-8-15-2/h11H,3-10,13H2,1-2H3. The Kier molecular flexibility index (Phi) is 11.4. The first-order chi connectivity index (χ1) is 8.20. The lowest BCUT2D eigenvalue weighted by molar-refractivity contribution is -0.144. The predicted octanol–water partition coefficient (Wildman–Crippen LogP) is 1.10. The highest BCUT2D eigenvalue weighted by Gasteiger charge is 2.09. The lowest BCUT2D eigenvalue weighted by Gasteiger charge is -2.10. The van der Waals surface area contributed by atoms with Crippen LogP contribution < -0.4 is 5.73 Å². The summed E-state index contributed by atoms with van der Waals surface area (Å²) in [4.78, 5) is 11.3. The number of rotatable bonds is 11. The molecule has 0 amide bonds. The van der Waals surface area contributed by atoms with Gasteiger partial charge in [0.1, 0.15) is 0 Å². The smallest absolute Gasteiger partial charge is 0.307 e. The van der Waals surface area contributed by atoms with Crippen molar-refractivity contribution >= 4 is 5.97 Å². The minimum absolute atomic E-state index is 0.0783. The minimum atomic E-state index is -0.220. The van der Waals surface area contributed by atoms with Gasteiger partial charge in [-0.05, 0) is 6.42 Å². The van der Waals surface area contributed by atoms with E-state index in [1.54, 1.807) is 7.11 Å². The average Bonchev–Trinajstić information content (AvgIpc) is 2.28. The molecule has 0 aromatic heterocycles. The summed E-state index contributed by atoms with van der Waals surface area (Å²) in [5.41, 5.74) is 5.73. The zero-order valence-electron chi connectivity index (χ0n) is 10.9. The molecule has 0 bridgehead atoms. The van der Waals surface area contributed by atoms with Gasteiger partial charge in [-0.2, -0.15) is 0 Å². The Labute approximate surface area is 104 Å². The van der Waals surface area contributed by atoms with E-state index >= 15 is 0 Å². The van der Waals surface area contributed by atoms with E-state index in [0.717, 1.165) is 12.8 Å². The molecule has 2 N–H and O–H groups in total. The fourth-order valence-corrected chi connectivity index (χ4v) is 1.34. The summed E-state index contributed by atoms with van der Waals surface area (Å²) >= 11 is 0. The maximum atomic E-state index is 11.3. The second-order valence-corrected chi connectivity index (χ2v) is 3.93. The summed E-state index contributed by atoms with van der Waals surface area (Å²) in [5, 5.41) is 0. The van der Waals surface area contributed by atoms with Gasteiger partial charge in [0.25, 0.3) is 0 Å².